The minimum atomic E-state index is 0.640. The molecule has 3 nitrogen and oxygen atoms in total. The minimum Gasteiger partial charge on any atom is -0.405 e. The van der Waals surface area contributed by atoms with Crippen LogP contribution in [-0.2, 0) is 6.54 Å². The summed E-state index contributed by atoms with van der Waals surface area (Å²) in [6, 6.07) is 82.5. The van der Waals surface area contributed by atoms with Crippen LogP contribution in [-0.4, -0.2) is 0 Å². The third-order valence-corrected chi connectivity index (χ3v) is 9.19. The van der Waals surface area contributed by atoms with Crippen molar-refractivity contribution in [1.29, 1.82) is 0 Å². The zero-order valence-corrected chi connectivity index (χ0v) is 33.7. The Labute approximate surface area is 350 Å². The predicted octanol–water partition coefficient (Wildman–Crippen LogP) is 13.9. The molecule has 9 aromatic carbocycles. The van der Waals surface area contributed by atoms with Gasteiger partial charge in [0, 0.05) is 12.2 Å². The van der Waals surface area contributed by atoms with Gasteiger partial charge in [-0.3, -0.25) is 0 Å². The Morgan fingerprint density at radius 1 is 0.373 bits per heavy atom. The van der Waals surface area contributed by atoms with Crippen molar-refractivity contribution in [3.63, 3.8) is 0 Å². The molecule has 0 aliphatic heterocycles. The molecule has 6 N–H and O–H groups in total. The van der Waals surface area contributed by atoms with E-state index in [1.165, 1.54) is 55.9 Å². The molecule has 0 unspecified atom stereocenters. The van der Waals surface area contributed by atoms with Crippen molar-refractivity contribution in [3.05, 3.63) is 266 Å². The van der Waals surface area contributed by atoms with Crippen molar-refractivity contribution >= 4 is 22.5 Å². The lowest BCUT2D eigenvalue weighted by atomic mass is 10.0. The quantitative estimate of drug-likeness (QED) is 0.153. The molecule has 0 spiro atoms. The van der Waals surface area contributed by atoms with Crippen LogP contribution in [0, 0.1) is 6.92 Å². The summed E-state index contributed by atoms with van der Waals surface area (Å²) in [6.45, 7) is 2.76. The van der Waals surface area contributed by atoms with Gasteiger partial charge in [0.2, 0.25) is 0 Å². The van der Waals surface area contributed by atoms with E-state index < -0.39 is 0 Å². The Morgan fingerprint density at radius 2 is 0.729 bits per heavy atom. The maximum atomic E-state index is 5.65. The van der Waals surface area contributed by atoms with Crippen molar-refractivity contribution in [2.45, 2.75) is 13.5 Å². The lowest BCUT2D eigenvalue weighted by Gasteiger charge is -2.02. The smallest absolute Gasteiger partial charge is 0.0314 e. The van der Waals surface area contributed by atoms with Crippen LogP contribution in [0.1, 0.15) is 16.7 Å². The van der Waals surface area contributed by atoms with E-state index in [9.17, 15) is 0 Å². The third-order valence-electron chi connectivity index (χ3n) is 9.19. The van der Waals surface area contributed by atoms with Crippen molar-refractivity contribution in [2.24, 2.45) is 11.5 Å². The molecule has 0 aliphatic carbocycles. The molecular formula is C56H53N3. The third kappa shape index (κ3) is 14.9. The summed E-state index contributed by atoms with van der Waals surface area (Å²) in [5.41, 5.74) is 28.2. The summed E-state index contributed by atoms with van der Waals surface area (Å²) in [5, 5.41) is 2.64. The Morgan fingerprint density at radius 3 is 1.12 bits per heavy atom. The predicted molar refractivity (Wildman–Crippen MR) is 256 cm³/mol. The molecule has 0 fully saturated rings. The van der Waals surface area contributed by atoms with Gasteiger partial charge in [-0.1, -0.05) is 236 Å². The summed E-state index contributed by atoms with van der Waals surface area (Å²) >= 11 is 0. The Balaban J connectivity index is 0.000000142. The average molecular weight is 768 g/mol. The molecule has 0 saturated carbocycles. The minimum absolute atomic E-state index is 0.640. The molecule has 0 amide bonds. The van der Waals surface area contributed by atoms with E-state index in [1.807, 2.05) is 97.1 Å². The van der Waals surface area contributed by atoms with Crippen LogP contribution < -0.4 is 17.2 Å². The maximum absolute atomic E-state index is 5.65. The van der Waals surface area contributed by atoms with Crippen molar-refractivity contribution in [1.82, 2.24) is 0 Å². The average Bonchev–Trinajstić information content (AvgIpc) is 3.32. The number of nitrogens with two attached hydrogens (primary N) is 3. The van der Waals surface area contributed by atoms with Gasteiger partial charge in [0.25, 0.3) is 0 Å². The van der Waals surface area contributed by atoms with Gasteiger partial charge >= 0.3 is 0 Å². The zero-order chi connectivity index (χ0) is 41.3. The largest absolute Gasteiger partial charge is 0.405 e. The van der Waals surface area contributed by atoms with E-state index in [1.54, 1.807) is 0 Å². The SMILES string of the molecule is Cc1ccc2ccccc2c1.N/C=C/c1ccc(-c2ccc(N)cc2)cc1.NCc1ccccc1.c1ccc(-c2ccccc2)cc1.c1ccc(-c2ccccc2)cc1. The second-order valence-electron chi connectivity index (χ2n) is 13.6. The normalized spacial score (nSPS) is 10.0. The van der Waals surface area contributed by atoms with Gasteiger partial charge in [-0.25, -0.2) is 0 Å². The molecule has 3 heteroatoms. The highest BCUT2D eigenvalue weighted by Crippen LogP contribution is 2.22. The molecule has 0 radical (unpaired) electrons. The lowest BCUT2D eigenvalue weighted by Crippen LogP contribution is -1.94. The molecule has 0 bridgehead atoms. The fourth-order valence-electron chi connectivity index (χ4n) is 6.02. The van der Waals surface area contributed by atoms with E-state index in [0.717, 1.165) is 16.8 Å². The van der Waals surface area contributed by atoms with E-state index in [-0.39, 0.29) is 0 Å². The molecule has 0 atom stereocenters. The van der Waals surface area contributed by atoms with Gasteiger partial charge in [-0.15, -0.1) is 0 Å². The Kier molecular flexibility index (Phi) is 17.5. The van der Waals surface area contributed by atoms with Gasteiger partial charge in [0.15, 0.2) is 0 Å². The maximum Gasteiger partial charge on any atom is 0.0314 e. The molecule has 0 saturated heterocycles. The van der Waals surface area contributed by atoms with Crippen molar-refractivity contribution in [3.8, 4) is 33.4 Å². The van der Waals surface area contributed by atoms with Gasteiger partial charge < -0.3 is 17.2 Å². The van der Waals surface area contributed by atoms with E-state index in [2.05, 4.69) is 159 Å². The topological polar surface area (TPSA) is 78.1 Å². The first kappa shape index (κ1) is 42.7. The Hall–Kier alpha value is -7.46. The van der Waals surface area contributed by atoms with E-state index >= 15 is 0 Å². The van der Waals surface area contributed by atoms with E-state index in [4.69, 9.17) is 17.2 Å². The van der Waals surface area contributed by atoms with Crippen LogP contribution in [0.5, 0.6) is 0 Å². The standard InChI is InChI=1S/C14H14N2.2C12H10.C11H10.C7H9N/c15-10-9-11-1-3-12(4-2-11)13-5-7-14(16)8-6-13;2*1-3-7-11(8-4-1)12-9-5-2-6-10-12;1-9-6-7-10-4-2-3-5-11(10)8-9;8-6-7-4-2-1-3-5-7/h1-10H,15-16H2;2*1-10H;2-8H,1H3;1-5H,6,8H2/b10-9+;;;;. The summed E-state index contributed by atoms with van der Waals surface area (Å²) in [4.78, 5) is 0. The number of aryl methyl sites for hydroxylation is 1. The lowest BCUT2D eigenvalue weighted by molar-refractivity contribution is 1.07. The molecule has 292 valence electrons. The molecule has 0 heterocycles. The first-order valence-electron chi connectivity index (χ1n) is 19.8. The Bertz CT molecular complexity index is 2350. The molecule has 0 aliphatic rings. The number of nitrogen functional groups attached to an aromatic ring is 1. The van der Waals surface area contributed by atoms with Crippen LogP contribution in [0.15, 0.2) is 249 Å². The van der Waals surface area contributed by atoms with Crippen LogP contribution in [0.4, 0.5) is 5.69 Å². The molecule has 0 aromatic heterocycles. The van der Waals surface area contributed by atoms with Crippen molar-refractivity contribution in [2.75, 3.05) is 5.73 Å². The summed E-state index contributed by atoms with van der Waals surface area (Å²) < 4.78 is 0. The van der Waals surface area contributed by atoms with Gasteiger partial charge in [-0.2, -0.15) is 0 Å². The van der Waals surface area contributed by atoms with Crippen LogP contribution in [0.25, 0.3) is 50.2 Å². The first-order valence-corrected chi connectivity index (χ1v) is 19.8. The fourth-order valence-corrected chi connectivity index (χ4v) is 6.02. The highest BCUT2D eigenvalue weighted by atomic mass is 14.5. The number of hydrogen-bond donors (Lipinski definition) is 3. The highest BCUT2D eigenvalue weighted by Gasteiger charge is 1.97. The molecular weight excluding hydrogens is 715 g/mol. The fraction of sp³-hybridized carbons (Fsp3) is 0.0357. The number of fused-ring (bicyclic) bond motifs is 1. The van der Waals surface area contributed by atoms with Gasteiger partial charge in [0.1, 0.15) is 0 Å². The zero-order valence-electron chi connectivity index (χ0n) is 33.7. The number of rotatable bonds is 5. The molecule has 9 aromatic rings. The molecule has 9 rings (SSSR count). The van der Waals surface area contributed by atoms with E-state index in [0.29, 0.717) is 6.54 Å². The van der Waals surface area contributed by atoms with Crippen molar-refractivity contribution < 1.29 is 0 Å². The summed E-state index contributed by atoms with van der Waals surface area (Å²) in [7, 11) is 0. The second-order valence-corrected chi connectivity index (χ2v) is 13.6. The van der Waals surface area contributed by atoms with Crippen LogP contribution in [0.2, 0.25) is 0 Å². The summed E-state index contributed by atoms with van der Waals surface area (Å²) in [5.74, 6) is 0. The highest BCUT2D eigenvalue weighted by molar-refractivity contribution is 5.82. The number of anilines is 1. The van der Waals surface area contributed by atoms with Gasteiger partial charge in [-0.05, 0) is 86.6 Å². The summed E-state index contributed by atoms with van der Waals surface area (Å²) in [6.07, 6.45) is 3.41. The second kappa shape index (κ2) is 24.2. The molecule has 59 heavy (non-hydrogen) atoms. The number of hydrogen-bond acceptors (Lipinski definition) is 3. The van der Waals surface area contributed by atoms with Crippen LogP contribution in [0.3, 0.4) is 0 Å². The first-order chi connectivity index (χ1) is 29.0. The van der Waals surface area contributed by atoms with Gasteiger partial charge in [0.05, 0.1) is 0 Å². The van der Waals surface area contributed by atoms with Crippen LogP contribution >= 0.6 is 0 Å². The monoisotopic (exact) mass is 767 g/mol. The number of benzene rings is 9.